The highest BCUT2D eigenvalue weighted by Crippen LogP contribution is 2.19. The molecule has 39 nitrogen and oxygen atoms in total. The number of ether oxygens (including phenoxy) is 1. The lowest BCUT2D eigenvalue weighted by Crippen LogP contribution is -2.59. The average Bonchev–Trinajstić information content (AvgIpc) is 1.84. The predicted octanol–water partition coefficient (Wildman–Crippen LogP) is -6.63. The predicted molar refractivity (Wildman–Crippen MR) is 341 cm³/mol. The highest BCUT2D eigenvalue weighted by atomic mass is 32.2. The van der Waals surface area contributed by atoms with E-state index < -0.39 is 232 Å². The van der Waals surface area contributed by atoms with Crippen molar-refractivity contribution in [1.82, 2.24) is 63.4 Å². The third kappa shape index (κ3) is 36.9. The SMILES string of the molecule is CSC[C@H](NC(=O)CNC(=O)[C@H](CC(C)C)NC(=O)[C@@H]1CCCN1C(=O)COCCNC(=O)[C@@H](CCC(=O)O)NC(=O)[C@@H](CCC(=O)O)NC(=O)[C@@H](CCC(=O)O)NC(=O)[C@@H](CCC(=O)O)NC(=O)[C@H](N)CCC(=O)O)C(=O)N[C@@H](C)C(=O)NCC(=O)N[C@@H](C)CCCN=C(N)N. The van der Waals surface area contributed by atoms with Crippen molar-refractivity contribution in [2.24, 2.45) is 28.1 Å². The quantitative estimate of drug-likeness (QED) is 0.0153. The van der Waals surface area contributed by atoms with Gasteiger partial charge >= 0.3 is 29.8 Å². The summed E-state index contributed by atoms with van der Waals surface area (Å²) in [6.45, 7) is 4.78. The second kappa shape index (κ2) is 45.8. The number of nitrogens with one attached hydrogen (secondary N) is 11. The normalized spacial score (nSPS) is 15.2. The van der Waals surface area contributed by atoms with Crippen LogP contribution >= 0.6 is 11.8 Å². The number of carboxylic acid groups (broad SMARTS) is 5. The standard InChI is InChI=1S/C57H94N16O23S/c1-29(2)24-37(51(90)64-26-41(75)67-38(28-97-5)55(94)66-31(4)48(87)63-25-40(74)65-30(3)8-6-20-62-57(59)60)72-56(95)39-9-7-22-73(39)42(76)27-96-23-21-61-50(89)33(11-16-44(79)80)69-53(92)35(13-18-46(83)84)71-54(93)36(14-19-47(85)86)70-52(91)34(12-17-45(81)82)68-49(88)32(58)10-15-43(77)78/h29-39H,6-28,58H2,1-5H3,(H,61,89)(H,63,87)(H,64,90)(H,65,74)(H,66,94)(H,67,75)(H,68,88)(H,69,92)(H,70,91)(H,71,93)(H,72,95)(H,77,78)(H,79,80)(H,81,82)(H,83,84)(H,85,86)(H4,59,60,62)/t30-,31-,32+,33+,34+,35+,36+,37-,38-,39-/m0/s1. The number of carbonyl (C=O) groups excluding carboxylic acids is 12. The van der Waals surface area contributed by atoms with E-state index in [1.54, 1.807) is 27.0 Å². The molecule has 546 valence electrons. The topological polar surface area (TPSA) is 627 Å². The Morgan fingerprint density at radius 3 is 1.44 bits per heavy atom. The fourth-order valence-electron chi connectivity index (χ4n) is 9.16. The Bertz CT molecular complexity index is 2790. The van der Waals surface area contributed by atoms with Crippen LogP contribution in [0.3, 0.4) is 0 Å². The van der Waals surface area contributed by atoms with Crippen molar-refractivity contribution in [3.63, 3.8) is 0 Å². The first-order valence-corrected chi connectivity index (χ1v) is 32.4. The summed E-state index contributed by atoms with van der Waals surface area (Å²) in [6.07, 6.45) is -3.16. The van der Waals surface area contributed by atoms with E-state index in [-0.39, 0.29) is 62.8 Å². The first kappa shape index (κ1) is 85.5. The van der Waals surface area contributed by atoms with Gasteiger partial charge in [-0.3, -0.25) is 86.5 Å². The average molecular weight is 1400 g/mol. The van der Waals surface area contributed by atoms with Crippen LogP contribution in [0.5, 0.6) is 0 Å². The van der Waals surface area contributed by atoms with Gasteiger partial charge in [0.05, 0.1) is 25.7 Å². The molecular formula is C57H94N16O23S. The molecule has 1 heterocycles. The maximum atomic E-state index is 13.8. The number of hydrogen-bond acceptors (Lipinski definition) is 21. The van der Waals surface area contributed by atoms with Gasteiger partial charge in [-0.15, -0.1) is 0 Å². The number of nitrogens with two attached hydrogens (primary N) is 3. The Balaban J connectivity index is 3.02. The van der Waals surface area contributed by atoms with Gasteiger partial charge in [-0.2, -0.15) is 11.8 Å². The number of rotatable bonds is 49. The fourth-order valence-corrected chi connectivity index (χ4v) is 9.73. The fraction of sp³-hybridized carbons (Fsp3) is 0.684. The Labute approximate surface area is 562 Å². The van der Waals surface area contributed by atoms with Crippen LogP contribution in [-0.2, 0) is 86.2 Å². The Morgan fingerprint density at radius 2 is 0.969 bits per heavy atom. The van der Waals surface area contributed by atoms with Crippen LogP contribution < -0.4 is 75.7 Å². The largest absolute Gasteiger partial charge is 0.481 e. The molecule has 1 aliphatic rings. The Hall–Kier alpha value is -9.47. The lowest BCUT2D eigenvalue weighted by Gasteiger charge is -2.27. The smallest absolute Gasteiger partial charge is 0.303 e. The van der Waals surface area contributed by atoms with Crippen LogP contribution in [0.4, 0.5) is 0 Å². The van der Waals surface area contributed by atoms with E-state index >= 15 is 0 Å². The summed E-state index contributed by atoms with van der Waals surface area (Å²) < 4.78 is 5.48. The van der Waals surface area contributed by atoms with Crippen LogP contribution in [0.15, 0.2) is 4.99 Å². The maximum Gasteiger partial charge on any atom is 0.303 e. The van der Waals surface area contributed by atoms with Crippen LogP contribution in [0, 0.1) is 5.92 Å². The third-order valence-electron chi connectivity index (χ3n) is 14.2. The van der Waals surface area contributed by atoms with E-state index in [9.17, 15) is 102 Å². The molecule has 0 bridgehead atoms. The molecule has 0 radical (unpaired) electrons. The summed E-state index contributed by atoms with van der Waals surface area (Å²) in [6, 6.07) is -13.5. The van der Waals surface area contributed by atoms with Crippen LogP contribution in [0.1, 0.15) is 124 Å². The van der Waals surface area contributed by atoms with Gasteiger partial charge in [0.15, 0.2) is 5.96 Å². The minimum absolute atomic E-state index is 0.0486. The Morgan fingerprint density at radius 1 is 0.526 bits per heavy atom. The van der Waals surface area contributed by atoms with Crippen molar-refractivity contribution in [2.75, 3.05) is 57.9 Å². The summed E-state index contributed by atoms with van der Waals surface area (Å²) >= 11 is 1.20. The molecule has 12 amide bonds. The monoisotopic (exact) mass is 1400 g/mol. The maximum absolute atomic E-state index is 13.8. The van der Waals surface area contributed by atoms with Crippen molar-refractivity contribution >= 4 is 118 Å². The molecule has 0 unspecified atom stereocenters. The molecule has 0 spiro atoms. The molecule has 1 aliphatic heterocycles. The van der Waals surface area contributed by atoms with Crippen LogP contribution in [-0.4, -0.2) is 255 Å². The molecule has 97 heavy (non-hydrogen) atoms. The number of thioether (sulfide) groups is 1. The third-order valence-corrected chi connectivity index (χ3v) is 14.9. The lowest BCUT2D eigenvalue weighted by atomic mass is 10.0. The zero-order chi connectivity index (χ0) is 73.5. The summed E-state index contributed by atoms with van der Waals surface area (Å²) in [5.74, 6) is -18.0. The molecule has 0 aromatic heterocycles. The molecule has 1 rings (SSSR count). The Kier molecular flexibility index (Phi) is 40.4. The van der Waals surface area contributed by atoms with E-state index in [0.717, 1.165) is 0 Å². The molecule has 1 fully saturated rings. The number of carboxylic acids is 5. The number of hydrogen-bond donors (Lipinski definition) is 19. The van der Waals surface area contributed by atoms with Crippen molar-refractivity contribution in [1.29, 1.82) is 0 Å². The molecule has 22 N–H and O–H groups in total. The first-order valence-electron chi connectivity index (χ1n) is 31.0. The van der Waals surface area contributed by atoms with Gasteiger partial charge in [0.25, 0.3) is 0 Å². The number of guanidine groups is 1. The van der Waals surface area contributed by atoms with E-state index in [0.29, 0.717) is 25.8 Å². The van der Waals surface area contributed by atoms with E-state index in [4.69, 9.17) is 27.0 Å². The van der Waals surface area contributed by atoms with Crippen molar-refractivity contribution < 1.29 is 112 Å². The summed E-state index contributed by atoms with van der Waals surface area (Å²) in [4.78, 5) is 222. The minimum atomic E-state index is -1.88. The van der Waals surface area contributed by atoms with Crippen molar-refractivity contribution in [3.05, 3.63) is 0 Å². The summed E-state index contributed by atoms with van der Waals surface area (Å²) in [5, 5.41) is 73.0. The van der Waals surface area contributed by atoms with Gasteiger partial charge in [-0.1, -0.05) is 13.8 Å². The molecule has 0 aromatic rings. The highest BCUT2D eigenvalue weighted by Gasteiger charge is 2.38. The summed E-state index contributed by atoms with van der Waals surface area (Å²) in [5.41, 5.74) is 16.4. The molecule has 0 aliphatic carbocycles. The number of likely N-dealkylation sites (tertiary alicyclic amines) is 1. The zero-order valence-corrected chi connectivity index (χ0v) is 55.6. The van der Waals surface area contributed by atoms with Gasteiger partial charge in [-0.05, 0) is 90.2 Å². The zero-order valence-electron chi connectivity index (χ0n) is 54.7. The lowest BCUT2D eigenvalue weighted by molar-refractivity contribution is -0.142. The molecule has 0 saturated carbocycles. The van der Waals surface area contributed by atoms with Gasteiger partial charge in [0.1, 0.15) is 54.9 Å². The van der Waals surface area contributed by atoms with E-state index in [1.165, 1.54) is 23.6 Å². The van der Waals surface area contributed by atoms with Gasteiger partial charge in [0, 0.05) is 63.5 Å². The second-order valence-corrected chi connectivity index (χ2v) is 23.9. The van der Waals surface area contributed by atoms with Gasteiger partial charge < -0.3 is 111 Å². The number of nitrogens with zero attached hydrogens (tertiary/aromatic N) is 2. The number of aliphatic imine (C=N–C) groups is 1. The summed E-state index contributed by atoms with van der Waals surface area (Å²) in [7, 11) is 0. The molecule has 1 saturated heterocycles. The minimum Gasteiger partial charge on any atom is -0.481 e. The van der Waals surface area contributed by atoms with Crippen molar-refractivity contribution in [3.8, 4) is 0 Å². The second-order valence-electron chi connectivity index (χ2n) is 23.0. The molecule has 10 atom stereocenters. The molecular weight excluding hydrogens is 1310 g/mol. The van der Waals surface area contributed by atoms with Crippen LogP contribution in [0.25, 0.3) is 0 Å². The van der Waals surface area contributed by atoms with Crippen molar-refractivity contribution in [2.45, 2.75) is 184 Å². The van der Waals surface area contributed by atoms with Crippen LogP contribution in [0.2, 0.25) is 0 Å². The number of aliphatic carboxylic acids is 5. The number of amides is 12. The number of carbonyl (C=O) groups is 17. The first-order chi connectivity index (χ1) is 45.5. The highest BCUT2D eigenvalue weighted by molar-refractivity contribution is 7.98. The molecule has 40 heteroatoms. The van der Waals surface area contributed by atoms with E-state index in [2.05, 4.69) is 63.5 Å². The van der Waals surface area contributed by atoms with Gasteiger partial charge in [0.2, 0.25) is 70.9 Å². The molecule has 0 aromatic carbocycles. The van der Waals surface area contributed by atoms with Gasteiger partial charge in [-0.25, -0.2) is 0 Å². The van der Waals surface area contributed by atoms with E-state index in [1.807, 2.05) is 0 Å².